The van der Waals surface area contributed by atoms with Crippen LogP contribution in [0.1, 0.15) is 25.8 Å². The van der Waals surface area contributed by atoms with Crippen molar-refractivity contribution in [1.82, 2.24) is 19.7 Å². The Hall–Kier alpha value is -1.96. The molecule has 0 saturated carbocycles. The van der Waals surface area contributed by atoms with Gasteiger partial charge in [0.15, 0.2) is 11.0 Å². The van der Waals surface area contributed by atoms with E-state index in [9.17, 15) is 13.6 Å². The number of amides is 1. The van der Waals surface area contributed by atoms with Crippen LogP contribution < -0.4 is 0 Å². The summed E-state index contributed by atoms with van der Waals surface area (Å²) in [6.45, 7) is 6.31. The maximum absolute atomic E-state index is 12.6. The van der Waals surface area contributed by atoms with Gasteiger partial charge in [-0.15, -0.1) is 10.2 Å². The smallest absolute Gasteiger partial charge is 0.255 e. The number of nitrogens with zero attached hydrogens (tertiary/aromatic N) is 4. The number of benzene rings is 1. The van der Waals surface area contributed by atoms with E-state index in [0.717, 1.165) is 17.0 Å². The van der Waals surface area contributed by atoms with E-state index in [4.69, 9.17) is 0 Å². The van der Waals surface area contributed by atoms with Crippen molar-refractivity contribution in [2.24, 2.45) is 0 Å². The summed E-state index contributed by atoms with van der Waals surface area (Å²) in [6.07, 6.45) is -1.88. The number of alkyl halides is 2. The average molecular weight is 382 g/mol. The summed E-state index contributed by atoms with van der Waals surface area (Å²) in [5.74, 6) is 0.502. The van der Waals surface area contributed by atoms with Crippen LogP contribution in [-0.2, 0) is 11.3 Å². The third-order valence-electron chi connectivity index (χ3n) is 3.84. The summed E-state index contributed by atoms with van der Waals surface area (Å²) < 4.78 is 27.2. The van der Waals surface area contributed by atoms with E-state index in [-0.39, 0.29) is 11.7 Å². The van der Waals surface area contributed by atoms with E-state index in [1.165, 1.54) is 16.7 Å². The molecule has 26 heavy (non-hydrogen) atoms. The Balaban J connectivity index is 2.11. The minimum atomic E-state index is -2.53. The Bertz CT molecular complexity index is 736. The third-order valence-corrected chi connectivity index (χ3v) is 4.79. The Morgan fingerprint density at radius 2 is 2.08 bits per heavy atom. The molecular formula is C18H24F2N4OS. The second-order valence-electron chi connectivity index (χ2n) is 5.94. The molecule has 0 bridgehead atoms. The first-order valence-electron chi connectivity index (χ1n) is 8.65. The topological polar surface area (TPSA) is 51.0 Å². The van der Waals surface area contributed by atoms with Crippen LogP contribution in [-0.4, -0.2) is 50.8 Å². The Morgan fingerprint density at radius 1 is 1.31 bits per heavy atom. The van der Waals surface area contributed by atoms with Crippen molar-refractivity contribution in [3.05, 3.63) is 29.8 Å². The van der Waals surface area contributed by atoms with Gasteiger partial charge < -0.3 is 9.47 Å². The highest BCUT2D eigenvalue weighted by Crippen LogP contribution is 2.24. The van der Waals surface area contributed by atoms with Crippen LogP contribution in [0.5, 0.6) is 0 Å². The molecule has 0 spiro atoms. The van der Waals surface area contributed by atoms with Crippen LogP contribution in [0.2, 0.25) is 0 Å². The lowest BCUT2D eigenvalue weighted by Crippen LogP contribution is -2.36. The summed E-state index contributed by atoms with van der Waals surface area (Å²) in [6, 6.07) is 7.97. The fourth-order valence-corrected chi connectivity index (χ4v) is 3.56. The van der Waals surface area contributed by atoms with Crippen molar-refractivity contribution in [3.8, 4) is 11.4 Å². The Labute approximate surface area is 156 Å². The molecule has 1 aromatic carbocycles. The Kier molecular flexibility index (Phi) is 7.56. The van der Waals surface area contributed by atoms with Crippen LogP contribution in [0.3, 0.4) is 0 Å². The van der Waals surface area contributed by atoms with Crippen LogP contribution >= 0.6 is 11.8 Å². The summed E-state index contributed by atoms with van der Waals surface area (Å²) in [4.78, 5) is 13.5. The molecule has 0 N–H and O–H groups in total. The molecule has 0 fully saturated rings. The number of rotatable bonds is 9. The normalized spacial score (nSPS) is 11.2. The second-order valence-corrected chi connectivity index (χ2v) is 6.88. The maximum Gasteiger partial charge on any atom is 0.255 e. The van der Waals surface area contributed by atoms with Crippen LogP contribution in [0.25, 0.3) is 11.4 Å². The molecule has 2 rings (SSSR count). The lowest BCUT2D eigenvalue weighted by Gasteiger charge is -2.21. The molecule has 5 nitrogen and oxygen atoms in total. The molecule has 142 valence electrons. The maximum atomic E-state index is 12.6. The zero-order valence-electron chi connectivity index (χ0n) is 15.3. The lowest BCUT2D eigenvalue weighted by atomic mass is 10.1. The predicted octanol–water partition coefficient (Wildman–Crippen LogP) is 3.87. The van der Waals surface area contributed by atoms with Crippen molar-refractivity contribution in [3.63, 3.8) is 0 Å². The van der Waals surface area contributed by atoms with Crippen molar-refractivity contribution in [2.45, 2.75) is 45.3 Å². The van der Waals surface area contributed by atoms with E-state index >= 15 is 0 Å². The van der Waals surface area contributed by atoms with Gasteiger partial charge in [-0.05, 0) is 26.3 Å². The first-order chi connectivity index (χ1) is 12.5. The predicted molar refractivity (Wildman–Crippen MR) is 99.5 cm³/mol. The average Bonchev–Trinajstić information content (AvgIpc) is 3.01. The molecule has 0 aliphatic rings. The van der Waals surface area contributed by atoms with Crippen molar-refractivity contribution in [1.29, 1.82) is 0 Å². The van der Waals surface area contributed by atoms with Crippen molar-refractivity contribution in [2.75, 3.05) is 18.8 Å². The molecule has 1 heterocycles. The van der Waals surface area contributed by atoms with Crippen LogP contribution in [0, 0.1) is 6.92 Å². The second kappa shape index (κ2) is 9.66. The molecular weight excluding hydrogens is 358 g/mol. The molecule has 1 aromatic heterocycles. The number of carbonyl (C=O) groups is 1. The fraction of sp³-hybridized carbons (Fsp3) is 0.500. The van der Waals surface area contributed by atoms with Gasteiger partial charge in [-0.25, -0.2) is 8.78 Å². The summed E-state index contributed by atoms with van der Waals surface area (Å²) in [7, 11) is 0. The number of hydrogen-bond donors (Lipinski definition) is 0. The number of hydrogen-bond acceptors (Lipinski definition) is 4. The summed E-state index contributed by atoms with van der Waals surface area (Å²) in [5, 5.41) is 9.06. The van der Waals surface area contributed by atoms with Gasteiger partial charge in [-0.3, -0.25) is 4.79 Å². The third kappa shape index (κ3) is 5.27. The fourth-order valence-electron chi connectivity index (χ4n) is 2.65. The largest absolute Gasteiger partial charge is 0.336 e. The van der Waals surface area contributed by atoms with Gasteiger partial charge in [0.1, 0.15) is 0 Å². The van der Waals surface area contributed by atoms with Gasteiger partial charge in [-0.1, -0.05) is 42.4 Å². The number of halogens is 2. The van der Waals surface area contributed by atoms with E-state index in [0.29, 0.717) is 24.7 Å². The zero-order chi connectivity index (χ0) is 19.1. The number of carbonyl (C=O) groups excluding carboxylic acids is 1. The molecule has 0 saturated heterocycles. The van der Waals surface area contributed by atoms with E-state index in [1.54, 1.807) is 0 Å². The highest BCUT2D eigenvalue weighted by atomic mass is 32.2. The van der Waals surface area contributed by atoms with Gasteiger partial charge in [0, 0.05) is 18.7 Å². The highest BCUT2D eigenvalue weighted by molar-refractivity contribution is 7.99. The number of thioether (sulfide) groups is 1. The van der Waals surface area contributed by atoms with Crippen molar-refractivity contribution < 1.29 is 13.6 Å². The molecule has 0 radical (unpaired) electrons. The zero-order valence-corrected chi connectivity index (χ0v) is 16.1. The molecule has 0 atom stereocenters. The minimum absolute atomic E-state index is 0.0681. The SMILES string of the molecule is CCCN(CC(F)F)C(=O)CSc1nnc(-c2cccc(C)c2)n1CC. The van der Waals surface area contributed by atoms with Gasteiger partial charge in [0.05, 0.1) is 12.3 Å². The summed E-state index contributed by atoms with van der Waals surface area (Å²) >= 11 is 1.23. The van der Waals surface area contributed by atoms with Gasteiger partial charge in [-0.2, -0.15) is 0 Å². The van der Waals surface area contributed by atoms with Crippen LogP contribution in [0.15, 0.2) is 29.4 Å². The number of aromatic nitrogens is 3. The molecule has 1 amide bonds. The van der Waals surface area contributed by atoms with Gasteiger partial charge >= 0.3 is 0 Å². The molecule has 0 aliphatic carbocycles. The summed E-state index contributed by atoms with van der Waals surface area (Å²) in [5.41, 5.74) is 2.09. The minimum Gasteiger partial charge on any atom is -0.336 e. The standard InChI is InChI=1S/C18H24F2N4OS/c1-4-9-23(11-15(19)20)16(25)12-26-18-22-21-17(24(18)5-2)14-8-6-7-13(3)10-14/h6-8,10,15H,4-5,9,11-12H2,1-3H3. The lowest BCUT2D eigenvalue weighted by molar-refractivity contribution is -0.130. The van der Waals surface area contributed by atoms with Crippen LogP contribution in [0.4, 0.5) is 8.78 Å². The Morgan fingerprint density at radius 3 is 2.69 bits per heavy atom. The van der Waals surface area contributed by atoms with E-state index < -0.39 is 13.0 Å². The molecule has 2 aromatic rings. The van der Waals surface area contributed by atoms with Gasteiger partial charge in [0.2, 0.25) is 5.91 Å². The quantitative estimate of drug-likeness (QED) is 0.618. The van der Waals surface area contributed by atoms with Crippen molar-refractivity contribution >= 4 is 17.7 Å². The van der Waals surface area contributed by atoms with Gasteiger partial charge in [0.25, 0.3) is 6.43 Å². The van der Waals surface area contributed by atoms with E-state index in [1.807, 2.05) is 49.6 Å². The number of aryl methyl sites for hydroxylation is 1. The molecule has 0 aliphatic heterocycles. The monoisotopic (exact) mass is 382 g/mol. The highest BCUT2D eigenvalue weighted by Gasteiger charge is 2.20. The first kappa shape index (κ1) is 20.4. The molecule has 8 heteroatoms. The van der Waals surface area contributed by atoms with E-state index in [2.05, 4.69) is 10.2 Å². The molecule has 0 unspecified atom stereocenters. The first-order valence-corrected chi connectivity index (χ1v) is 9.63.